The zero-order valence-electron chi connectivity index (χ0n) is 39.0. The molecule has 59 heavy (non-hydrogen) atoms. The fourth-order valence-corrected chi connectivity index (χ4v) is 7.34. The van der Waals surface area contributed by atoms with Crippen LogP contribution in [0.25, 0.3) is 0 Å². The average molecular weight is 854 g/mol. The number of rotatable bonds is 44. The topological polar surface area (TPSA) is 111 Å². The van der Waals surface area contributed by atoms with Gasteiger partial charge in [0.05, 0.1) is 27.7 Å². The van der Waals surface area contributed by atoms with E-state index in [1.54, 1.807) is 0 Å². The Morgan fingerprint density at radius 2 is 0.932 bits per heavy atom. The molecule has 0 aromatic heterocycles. The monoisotopic (exact) mass is 854 g/mol. The molecule has 9 nitrogen and oxygen atoms in total. The predicted octanol–water partition coefficient (Wildman–Crippen LogP) is 13.5. The number of phosphoric ester groups is 1. The first kappa shape index (κ1) is 57.2. The maximum Gasteiger partial charge on any atom is 0.306 e. The molecule has 0 aliphatic rings. The van der Waals surface area contributed by atoms with Crippen molar-refractivity contribution in [1.82, 2.24) is 0 Å². The number of phosphoric acid groups is 1. The molecule has 0 saturated heterocycles. The molecule has 1 unspecified atom stereocenters. The number of nitrogens with zero attached hydrogens (tertiary/aromatic N) is 1. The fraction of sp³-hybridized carbons (Fsp3) is 0.837. The summed E-state index contributed by atoms with van der Waals surface area (Å²) >= 11 is 0. The number of allylic oxidation sites excluding steroid dienone is 6. The van der Waals surface area contributed by atoms with Gasteiger partial charge in [-0.1, -0.05) is 192 Å². The molecule has 2 atom stereocenters. The van der Waals surface area contributed by atoms with Gasteiger partial charge in [-0.15, -0.1) is 0 Å². The summed E-state index contributed by atoms with van der Waals surface area (Å²) in [6, 6.07) is 0. The van der Waals surface area contributed by atoms with Gasteiger partial charge in [0.1, 0.15) is 19.8 Å². The minimum absolute atomic E-state index is 0.0372. The highest BCUT2D eigenvalue weighted by molar-refractivity contribution is 7.45. The lowest BCUT2D eigenvalue weighted by atomic mass is 10.0. The van der Waals surface area contributed by atoms with Crippen molar-refractivity contribution in [3.63, 3.8) is 0 Å². The number of ether oxygens (including phenoxy) is 2. The molecular formula is C49H92NO8P. The Kier molecular flexibility index (Phi) is 40.3. The van der Waals surface area contributed by atoms with Crippen molar-refractivity contribution in [2.24, 2.45) is 0 Å². The molecule has 0 aromatic carbocycles. The van der Waals surface area contributed by atoms with Crippen LogP contribution in [-0.4, -0.2) is 70.0 Å². The van der Waals surface area contributed by atoms with Crippen molar-refractivity contribution in [3.05, 3.63) is 36.5 Å². The van der Waals surface area contributed by atoms with E-state index in [-0.39, 0.29) is 26.1 Å². The van der Waals surface area contributed by atoms with E-state index in [1.807, 2.05) is 21.1 Å². The van der Waals surface area contributed by atoms with E-state index < -0.39 is 32.5 Å². The third kappa shape index (κ3) is 45.6. The maximum absolute atomic E-state index is 12.7. The molecule has 0 aliphatic heterocycles. The lowest BCUT2D eigenvalue weighted by molar-refractivity contribution is -0.870. The Hall–Kier alpha value is -1.77. The lowest BCUT2D eigenvalue weighted by Gasteiger charge is -2.28. The molecule has 0 N–H and O–H groups in total. The smallest absolute Gasteiger partial charge is 0.306 e. The molecule has 0 aromatic rings. The Bertz CT molecular complexity index is 1100. The van der Waals surface area contributed by atoms with E-state index in [0.29, 0.717) is 23.9 Å². The van der Waals surface area contributed by atoms with E-state index in [4.69, 9.17) is 18.5 Å². The zero-order valence-corrected chi connectivity index (χ0v) is 39.8. The summed E-state index contributed by atoms with van der Waals surface area (Å²) in [7, 11) is 1.15. The summed E-state index contributed by atoms with van der Waals surface area (Å²) in [5.74, 6) is -0.888. The number of carbonyl (C=O) groups excluding carboxylic acids is 2. The minimum atomic E-state index is -4.64. The van der Waals surface area contributed by atoms with Gasteiger partial charge in [-0.25, -0.2) is 0 Å². The molecule has 0 heterocycles. The number of esters is 2. The Morgan fingerprint density at radius 3 is 1.41 bits per heavy atom. The fourth-order valence-electron chi connectivity index (χ4n) is 6.61. The van der Waals surface area contributed by atoms with Crippen molar-refractivity contribution in [1.29, 1.82) is 0 Å². The summed E-state index contributed by atoms with van der Waals surface area (Å²) in [5, 5.41) is 0. The highest BCUT2D eigenvalue weighted by Crippen LogP contribution is 2.38. The van der Waals surface area contributed by atoms with Gasteiger partial charge in [0.15, 0.2) is 6.10 Å². The number of carbonyl (C=O) groups is 2. The minimum Gasteiger partial charge on any atom is -0.756 e. The van der Waals surface area contributed by atoms with Crippen LogP contribution in [0, 0.1) is 0 Å². The van der Waals surface area contributed by atoms with Crippen LogP contribution in [0.1, 0.15) is 213 Å². The zero-order chi connectivity index (χ0) is 43.6. The number of unbranched alkanes of at least 4 members (excludes halogenated alkanes) is 24. The summed E-state index contributed by atoms with van der Waals surface area (Å²) in [4.78, 5) is 37.6. The van der Waals surface area contributed by atoms with E-state index in [2.05, 4.69) is 50.3 Å². The quantitative estimate of drug-likeness (QED) is 0.0196. The van der Waals surface area contributed by atoms with E-state index in [0.717, 1.165) is 44.9 Å². The van der Waals surface area contributed by atoms with Gasteiger partial charge in [-0.3, -0.25) is 14.2 Å². The lowest BCUT2D eigenvalue weighted by Crippen LogP contribution is -2.37. The second-order valence-electron chi connectivity index (χ2n) is 17.5. The third-order valence-electron chi connectivity index (χ3n) is 10.4. The van der Waals surface area contributed by atoms with E-state index >= 15 is 0 Å². The van der Waals surface area contributed by atoms with Gasteiger partial charge >= 0.3 is 11.9 Å². The van der Waals surface area contributed by atoms with Gasteiger partial charge in [0.25, 0.3) is 7.82 Å². The molecular weight excluding hydrogens is 762 g/mol. The third-order valence-corrected chi connectivity index (χ3v) is 11.4. The molecule has 0 aliphatic carbocycles. The maximum atomic E-state index is 12.7. The average Bonchev–Trinajstić information content (AvgIpc) is 3.19. The number of hydrogen-bond acceptors (Lipinski definition) is 8. The van der Waals surface area contributed by atoms with Crippen LogP contribution in [0.15, 0.2) is 36.5 Å². The summed E-state index contributed by atoms with van der Waals surface area (Å²) in [6.45, 7) is 4.19. The van der Waals surface area contributed by atoms with Gasteiger partial charge in [0.2, 0.25) is 0 Å². The van der Waals surface area contributed by atoms with Crippen molar-refractivity contribution in [3.8, 4) is 0 Å². The first-order chi connectivity index (χ1) is 28.5. The number of hydrogen-bond donors (Lipinski definition) is 0. The van der Waals surface area contributed by atoms with Crippen molar-refractivity contribution in [2.45, 2.75) is 219 Å². The molecule has 0 fully saturated rings. The highest BCUT2D eigenvalue weighted by atomic mass is 31.2. The molecule has 0 spiro atoms. The predicted molar refractivity (Wildman–Crippen MR) is 245 cm³/mol. The van der Waals surface area contributed by atoms with Gasteiger partial charge in [-0.2, -0.15) is 0 Å². The van der Waals surface area contributed by atoms with Gasteiger partial charge in [-0.05, 0) is 44.9 Å². The highest BCUT2D eigenvalue weighted by Gasteiger charge is 2.21. The Balaban J connectivity index is 4.35. The largest absolute Gasteiger partial charge is 0.756 e. The van der Waals surface area contributed by atoms with Gasteiger partial charge < -0.3 is 27.9 Å². The van der Waals surface area contributed by atoms with E-state index in [9.17, 15) is 19.0 Å². The molecule has 0 saturated carbocycles. The Morgan fingerprint density at radius 1 is 0.525 bits per heavy atom. The van der Waals surface area contributed by atoms with Crippen LogP contribution in [0.4, 0.5) is 0 Å². The molecule has 346 valence electrons. The SMILES string of the molecule is CCCCCCCC/C=C/C/C=C/C/C=C/CCCC(=O)OC[C@H](COP(=O)([O-])OCC[N+](C)(C)C)OC(=O)CCCCCCCCCCCCCCCCCCCC. The Labute approximate surface area is 363 Å². The first-order valence-corrected chi connectivity index (χ1v) is 25.7. The summed E-state index contributed by atoms with van der Waals surface area (Å²) in [6.07, 6.45) is 47.5. The van der Waals surface area contributed by atoms with Crippen molar-refractivity contribution >= 4 is 19.8 Å². The molecule has 10 heteroatoms. The molecule has 0 radical (unpaired) electrons. The first-order valence-electron chi connectivity index (χ1n) is 24.2. The summed E-state index contributed by atoms with van der Waals surface area (Å²) in [5.41, 5.74) is 0. The van der Waals surface area contributed by atoms with Crippen molar-refractivity contribution < 1.29 is 42.1 Å². The normalized spacial score (nSPS) is 13.8. The number of likely N-dealkylation sites (N-methyl/N-ethyl adjacent to an activating group) is 1. The van der Waals surface area contributed by atoms with Crippen LogP contribution < -0.4 is 4.89 Å². The van der Waals surface area contributed by atoms with Crippen molar-refractivity contribution in [2.75, 3.05) is 47.5 Å². The van der Waals surface area contributed by atoms with Crippen LogP contribution >= 0.6 is 7.82 Å². The van der Waals surface area contributed by atoms with Gasteiger partial charge in [0, 0.05) is 12.8 Å². The second kappa shape index (κ2) is 41.6. The standard InChI is InChI=1S/C49H92NO8P/c1-6-8-10-12-14-16-18-20-22-24-26-28-30-32-34-36-38-40-42-49(52)58-47(46-57-59(53,54)56-44-43-50(3,4)5)45-55-48(51)41-39-37-35-33-31-29-27-25-23-21-19-17-15-13-11-9-7-2/h21,23,27,29,33,35,47H,6-20,22,24-26,28,30-32,34,36-46H2,1-5H3/b23-21+,29-27+,35-33+/t47-/m1/s1. The molecule has 0 rings (SSSR count). The van der Waals surface area contributed by atoms with Crippen LogP contribution in [-0.2, 0) is 32.7 Å². The van der Waals surface area contributed by atoms with Crippen LogP contribution in [0.5, 0.6) is 0 Å². The van der Waals surface area contributed by atoms with Crippen LogP contribution in [0.2, 0.25) is 0 Å². The van der Waals surface area contributed by atoms with Crippen LogP contribution in [0.3, 0.4) is 0 Å². The second-order valence-corrected chi connectivity index (χ2v) is 18.9. The van der Waals surface area contributed by atoms with E-state index in [1.165, 1.54) is 128 Å². The molecule has 0 bridgehead atoms. The summed E-state index contributed by atoms with van der Waals surface area (Å²) < 4.78 is 33.9. The number of quaternary nitrogens is 1. The molecule has 0 amide bonds.